The Morgan fingerprint density at radius 2 is 1.89 bits per heavy atom. The number of carbonyl (C=O) groups excluding carboxylic acids is 1. The summed E-state index contributed by atoms with van der Waals surface area (Å²) in [5.74, 6) is 2.90. The zero-order valence-corrected chi connectivity index (χ0v) is 20.5. The largest absolute Gasteiger partial charge is 0.502 e. The molecule has 2 heterocycles. The molecule has 2 N–H and O–H groups in total. The third kappa shape index (κ3) is 6.82. The Morgan fingerprint density at radius 1 is 1.19 bits per heavy atom. The van der Waals surface area contributed by atoms with E-state index in [1.54, 1.807) is 13.0 Å². The number of esters is 1. The number of morpholine rings is 1. The van der Waals surface area contributed by atoms with Gasteiger partial charge in [-0.3, -0.25) is 14.5 Å². The number of H-pyrrole nitrogens is 1. The van der Waals surface area contributed by atoms with Crippen LogP contribution in [0.3, 0.4) is 0 Å². The first-order chi connectivity index (χ1) is 17.9. The molecule has 1 unspecified atom stereocenters. The van der Waals surface area contributed by atoms with E-state index in [1.165, 1.54) is 17.7 Å². The first-order valence-electron chi connectivity index (χ1n) is 12.1. The van der Waals surface area contributed by atoms with Crippen molar-refractivity contribution in [3.05, 3.63) is 92.9 Å². The quantitative estimate of drug-likeness (QED) is 0.376. The summed E-state index contributed by atoms with van der Waals surface area (Å²) < 4.78 is 25.4. The van der Waals surface area contributed by atoms with Crippen LogP contribution in [0.4, 0.5) is 4.39 Å². The predicted molar refractivity (Wildman–Crippen MR) is 135 cm³/mol. The van der Waals surface area contributed by atoms with Crippen molar-refractivity contribution < 1.29 is 23.8 Å². The van der Waals surface area contributed by atoms with Crippen LogP contribution in [0.15, 0.2) is 53.6 Å². The van der Waals surface area contributed by atoms with Gasteiger partial charge in [-0.05, 0) is 48.7 Å². The van der Waals surface area contributed by atoms with Crippen molar-refractivity contribution in [1.82, 2.24) is 14.9 Å². The van der Waals surface area contributed by atoms with Crippen molar-refractivity contribution in [2.24, 2.45) is 0 Å². The zero-order valence-electron chi connectivity index (χ0n) is 20.5. The summed E-state index contributed by atoms with van der Waals surface area (Å²) in [4.78, 5) is 32.8. The SMILES string of the molecule is CCOC(=O)C(Cc1ccc(C#Cc2ccc(CN3CCOCC3)cc2)cc1F)c1nc[nH]c(=O)c1O. The Labute approximate surface area is 214 Å². The molecule has 0 bridgehead atoms. The van der Waals surface area contributed by atoms with E-state index in [4.69, 9.17) is 9.47 Å². The Kier molecular flexibility index (Phi) is 8.67. The Bertz CT molecular complexity index is 1350. The van der Waals surface area contributed by atoms with Gasteiger partial charge in [0.05, 0.1) is 26.1 Å². The normalized spacial score (nSPS) is 14.4. The molecule has 3 aromatic rings. The highest BCUT2D eigenvalue weighted by Crippen LogP contribution is 2.27. The maximum Gasteiger partial charge on any atom is 0.315 e. The van der Waals surface area contributed by atoms with Crippen LogP contribution in [0.1, 0.15) is 40.8 Å². The van der Waals surface area contributed by atoms with Gasteiger partial charge in [0, 0.05) is 30.8 Å². The van der Waals surface area contributed by atoms with Crippen LogP contribution in [0.5, 0.6) is 5.75 Å². The second-order valence-electron chi connectivity index (χ2n) is 8.62. The summed E-state index contributed by atoms with van der Waals surface area (Å²) in [5.41, 5.74) is 1.73. The maximum absolute atomic E-state index is 15.0. The number of hydrogen-bond acceptors (Lipinski definition) is 7. The van der Waals surface area contributed by atoms with Gasteiger partial charge < -0.3 is 19.6 Å². The number of nitrogens with one attached hydrogen (secondary N) is 1. The van der Waals surface area contributed by atoms with Crippen molar-refractivity contribution in [1.29, 1.82) is 0 Å². The highest BCUT2D eigenvalue weighted by molar-refractivity contribution is 5.78. The first kappa shape index (κ1) is 26.1. The van der Waals surface area contributed by atoms with Crippen molar-refractivity contribution >= 4 is 5.97 Å². The van der Waals surface area contributed by atoms with Crippen LogP contribution in [0.2, 0.25) is 0 Å². The third-order valence-corrected chi connectivity index (χ3v) is 6.05. The van der Waals surface area contributed by atoms with Gasteiger partial charge in [-0.1, -0.05) is 30.0 Å². The van der Waals surface area contributed by atoms with Gasteiger partial charge in [-0.15, -0.1) is 0 Å². The topological polar surface area (TPSA) is 105 Å². The second-order valence-corrected chi connectivity index (χ2v) is 8.62. The van der Waals surface area contributed by atoms with E-state index in [-0.39, 0.29) is 24.3 Å². The fourth-order valence-corrected chi connectivity index (χ4v) is 4.06. The van der Waals surface area contributed by atoms with Crippen LogP contribution in [0.25, 0.3) is 0 Å². The molecule has 1 aromatic heterocycles. The van der Waals surface area contributed by atoms with Crippen molar-refractivity contribution in [3.8, 4) is 17.6 Å². The molecule has 0 saturated carbocycles. The number of nitrogens with zero attached hydrogens (tertiary/aromatic N) is 2. The van der Waals surface area contributed by atoms with Gasteiger partial charge in [-0.2, -0.15) is 0 Å². The summed E-state index contributed by atoms with van der Waals surface area (Å²) >= 11 is 0. The maximum atomic E-state index is 15.0. The molecule has 1 atom stereocenters. The van der Waals surface area contributed by atoms with Crippen molar-refractivity contribution in [3.63, 3.8) is 0 Å². The molecule has 8 nitrogen and oxygen atoms in total. The molecule has 1 fully saturated rings. The summed E-state index contributed by atoms with van der Waals surface area (Å²) in [6.07, 6.45) is 0.931. The number of aromatic amines is 1. The highest BCUT2D eigenvalue weighted by atomic mass is 19.1. The van der Waals surface area contributed by atoms with Crippen molar-refractivity contribution in [2.75, 3.05) is 32.9 Å². The monoisotopic (exact) mass is 505 g/mol. The molecule has 37 heavy (non-hydrogen) atoms. The van der Waals surface area contributed by atoms with E-state index in [0.717, 1.165) is 44.7 Å². The van der Waals surface area contributed by atoms with E-state index in [0.29, 0.717) is 5.56 Å². The molecule has 0 amide bonds. The lowest BCUT2D eigenvalue weighted by Crippen LogP contribution is -2.35. The molecular formula is C28H28FN3O5. The first-order valence-corrected chi connectivity index (χ1v) is 12.1. The number of aromatic nitrogens is 2. The van der Waals surface area contributed by atoms with Crippen LogP contribution in [-0.4, -0.2) is 58.9 Å². The molecule has 9 heteroatoms. The number of halogens is 1. The molecule has 1 aliphatic rings. The lowest BCUT2D eigenvalue weighted by atomic mass is 9.94. The van der Waals surface area contributed by atoms with Crippen LogP contribution < -0.4 is 5.56 Å². The number of ether oxygens (including phenoxy) is 2. The highest BCUT2D eigenvalue weighted by Gasteiger charge is 2.29. The number of benzene rings is 2. The van der Waals surface area contributed by atoms with E-state index < -0.39 is 29.0 Å². The molecule has 0 radical (unpaired) electrons. The van der Waals surface area contributed by atoms with Crippen LogP contribution in [-0.2, 0) is 27.2 Å². The van der Waals surface area contributed by atoms with Gasteiger partial charge in [0.1, 0.15) is 17.4 Å². The van der Waals surface area contributed by atoms with E-state index in [2.05, 4.69) is 26.7 Å². The smallest absolute Gasteiger partial charge is 0.315 e. The van der Waals surface area contributed by atoms with E-state index in [1.807, 2.05) is 24.3 Å². The minimum atomic E-state index is -1.15. The molecule has 192 valence electrons. The fourth-order valence-electron chi connectivity index (χ4n) is 4.06. The van der Waals surface area contributed by atoms with E-state index in [9.17, 15) is 19.1 Å². The Hall–Kier alpha value is -4.00. The summed E-state index contributed by atoms with van der Waals surface area (Å²) in [6, 6.07) is 12.4. The number of carbonyl (C=O) groups is 1. The lowest BCUT2D eigenvalue weighted by molar-refractivity contribution is -0.145. The summed E-state index contributed by atoms with van der Waals surface area (Å²) in [6.45, 7) is 5.94. The number of rotatable bonds is 7. The second kappa shape index (κ2) is 12.3. The summed E-state index contributed by atoms with van der Waals surface area (Å²) in [5, 5.41) is 10.1. The fraction of sp³-hybridized carbons (Fsp3) is 0.321. The average Bonchev–Trinajstić information content (AvgIpc) is 2.90. The van der Waals surface area contributed by atoms with Gasteiger partial charge in [0.25, 0.3) is 5.56 Å². The lowest BCUT2D eigenvalue weighted by Gasteiger charge is -2.26. The van der Waals surface area contributed by atoms with Crippen molar-refractivity contribution in [2.45, 2.75) is 25.8 Å². The summed E-state index contributed by atoms with van der Waals surface area (Å²) in [7, 11) is 0. The van der Waals surface area contributed by atoms with Gasteiger partial charge in [0.2, 0.25) is 5.75 Å². The molecular weight excluding hydrogens is 477 g/mol. The minimum absolute atomic E-state index is 0.0878. The molecule has 0 aliphatic carbocycles. The Morgan fingerprint density at radius 3 is 2.59 bits per heavy atom. The molecule has 4 rings (SSSR count). The van der Waals surface area contributed by atoms with Gasteiger partial charge in [-0.25, -0.2) is 9.37 Å². The molecule has 1 aliphatic heterocycles. The van der Waals surface area contributed by atoms with Gasteiger partial charge in [0.15, 0.2) is 0 Å². The van der Waals surface area contributed by atoms with Gasteiger partial charge >= 0.3 is 5.97 Å². The number of aromatic hydroxyl groups is 1. The van der Waals surface area contributed by atoms with E-state index >= 15 is 0 Å². The molecule has 1 saturated heterocycles. The molecule has 2 aromatic carbocycles. The predicted octanol–water partition coefficient (Wildman–Crippen LogP) is 2.74. The number of hydrogen-bond donors (Lipinski definition) is 2. The Balaban J connectivity index is 1.47. The minimum Gasteiger partial charge on any atom is -0.502 e. The van der Waals surface area contributed by atoms with Crippen LogP contribution >= 0.6 is 0 Å². The average molecular weight is 506 g/mol. The molecule has 0 spiro atoms. The third-order valence-electron chi connectivity index (χ3n) is 6.05. The zero-order chi connectivity index (χ0) is 26.2. The standard InChI is InChI=1S/C28H28FN3O5/c1-2-37-28(35)23(25-26(33)27(34)31-18-30-25)16-22-10-9-20(15-24(22)29)6-3-19-4-7-21(8-5-19)17-32-11-13-36-14-12-32/h4-5,7-10,15,18,23,33H,2,11-14,16-17H2,1H3,(H,30,31,34). The van der Waals surface area contributed by atoms with Crippen LogP contribution in [0, 0.1) is 17.7 Å².